The van der Waals surface area contributed by atoms with E-state index >= 15 is 0 Å². The lowest BCUT2D eigenvalue weighted by Gasteiger charge is -2.11. The van der Waals surface area contributed by atoms with Gasteiger partial charge < -0.3 is 15.2 Å². The molecular formula is C15H15N5O3. The van der Waals surface area contributed by atoms with Gasteiger partial charge in [-0.25, -0.2) is 14.5 Å². The monoisotopic (exact) mass is 313 g/mol. The van der Waals surface area contributed by atoms with Crippen LogP contribution in [0.3, 0.4) is 0 Å². The lowest BCUT2D eigenvalue weighted by molar-refractivity contribution is 0.0731. The van der Waals surface area contributed by atoms with E-state index in [1.807, 2.05) is 6.92 Å². The van der Waals surface area contributed by atoms with Crippen molar-refractivity contribution in [3.63, 3.8) is 0 Å². The van der Waals surface area contributed by atoms with Gasteiger partial charge in [0.2, 0.25) is 0 Å². The van der Waals surface area contributed by atoms with Crippen LogP contribution in [-0.4, -0.2) is 33.1 Å². The highest BCUT2D eigenvalue weighted by Gasteiger charge is 2.19. The molecule has 0 saturated heterocycles. The molecule has 3 rings (SSSR count). The van der Waals surface area contributed by atoms with Crippen LogP contribution in [0.1, 0.15) is 17.3 Å². The van der Waals surface area contributed by atoms with Crippen molar-refractivity contribution in [2.45, 2.75) is 13.5 Å². The standard InChI is InChI=1S/C15H15N5O3/c1-3-20-12-10(18-19-20)6-7-11(13(12)22-2)23-15(21)9-5-4-8-17-14(9)16/h4-8H,3H2,1-2H3,(H2,16,17). The Hall–Kier alpha value is -3.16. The number of carbonyl (C=O) groups excluding carboxylic acids is 1. The number of nitrogens with two attached hydrogens (primary N) is 1. The summed E-state index contributed by atoms with van der Waals surface area (Å²) < 4.78 is 12.5. The number of aromatic nitrogens is 4. The lowest BCUT2D eigenvalue weighted by atomic mass is 10.2. The molecule has 0 aliphatic rings. The maximum atomic E-state index is 12.3. The molecule has 0 fully saturated rings. The molecule has 0 aliphatic carbocycles. The van der Waals surface area contributed by atoms with E-state index in [0.717, 1.165) is 0 Å². The maximum Gasteiger partial charge on any atom is 0.347 e. The van der Waals surface area contributed by atoms with E-state index in [1.165, 1.54) is 13.3 Å². The van der Waals surface area contributed by atoms with Crippen molar-refractivity contribution in [3.05, 3.63) is 36.0 Å². The first kappa shape index (κ1) is 14.8. The van der Waals surface area contributed by atoms with Gasteiger partial charge in [0.1, 0.15) is 22.4 Å². The minimum atomic E-state index is -0.608. The molecule has 2 N–H and O–H groups in total. The SMILES string of the molecule is CCn1nnc2ccc(OC(=O)c3cccnc3N)c(OC)c21. The fraction of sp³-hybridized carbons (Fsp3) is 0.200. The van der Waals surface area contributed by atoms with Gasteiger partial charge in [-0.15, -0.1) is 5.10 Å². The summed E-state index contributed by atoms with van der Waals surface area (Å²) in [7, 11) is 1.50. The molecule has 8 nitrogen and oxygen atoms in total. The van der Waals surface area contributed by atoms with Crippen LogP contribution in [0.15, 0.2) is 30.5 Å². The zero-order valence-electron chi connectivity index (χ0n) is 12.7. The molecule has 0 amide bonds. The van der Waals surface area contributed by atoms with Crippen molar-refractivity contribution < 1.29 is 14.3 Å². The number of nitrogen functional groups attached to an aromatic ring is 1. The Morgan fingerprint density at radius 3 is 2.87 bits per heavy atom. The van der Waals surface area contributed by atoms with E-state index in [4.69, 9.17) is 15.2 Å². The molecule has 3 aromatic rings. The summed E-state index contributed by atoms with van der Waals surface area (Å²) in [6.07, 6.45) is 1.50. The molecule has 0 spiro atoms. The number of benzene rings is 1. The van der Waals surface area contributed by atoms with Crippen LogP contribution >= 0.6 is 0 Å². The number of rotatable bonds is 4. The topological polar surface area (TPSA) is 105 Å². The van der Waals surface area contributed by atoms with Gasteiger partial charge in [0.15, 0.2) is 11.5 Å². The first-order valence-electron chi connectivity index (χ1n) is 6.98. The highest BCUT2D eigenvalue weighted by molar-refractivity contribution is 5.96. The first-order chi connectivity index (χ1) is 11.2. The second-order valence-electron chi connectivity index (χ2n) is 4.70. The van der Waals surface area contributed by atoms with E-state index in [-0.39, 0.29) is 17.1 Å². The van der Waals surface area contributed by atoms with Crippen molar-refractivity contribution in [2.75, 3.05) is 12.8 Å². The number of fused-ring (bicyclic) bond motifs is 1. The Bertz CT molecular complexity index is 875. The third kappa shape index (κ3) is 2.54. The number of hydrogen-bond donors (Lipinski definition) is 1. The molecule has 8 heteroatoms. The number of anilines is 1. The minimum absolute atomic E-state index is 0.109. The maximum absolute atomic E-state index is 12.3. The third-order valence-electron chi connectivity index (χ3n) is 3.36. The average molecular weight is 313 g/mol. The molecule has 23 heavy (non-hydrogen) atoms. The van der Waals surface area contributed by atoms with E-state index in [2.05, 4.69) is 15.3 Å². The number of methoxy groups -OCH3 is 1. The van der Waals surface area contributed by atoms with Crippen LogP contribution < -0.4 is 15.2 Å². The van der Waals surface area contributed by atoms with Crippen molar-refractivity contribution in [1.82, 2.24) is 20.0 Å². The third-order valence-corrected chi connectivity index (χ3v) is 3.36. The number of esters is 1. The van der Waals surface area contributed by atoms with Crippen LogP contribution in [0.5, 0.6) is 11.5 Å². The summed E-state index contributed by atoms with van der Waals surface area (Å²) in [5, 5.41) is 8.08. The lowest BCUT2D eigenvalue weighted by Crippen LogP contribution is -2.12. The Labute approximate surface area is 131 Å². The minimum Gasteiger partial charge on any atom is -0.491 e. The highest BCUT2D eigenvalue weighted by Crippen LogP contribution is 2.35. The second-order valence-corrected chi connectivity index (χ2v) is 4.70. The number of nitrogens with zero attached hydrogens (tertiary/aromatic N) is 4. The summed E-state index contributed by atoms with van der Waals surface area (Å²) in [6, 6.07) is 6.49. The zero-order chi connectivity index (χ0) is 16.4. The number of hydrogen-bond acceptors (Lipinski definition) is 7. The molecule has 0 radical (unpaired) electrons. The van der Waals surface area contributed by atoms with Gasteiger partial charge in [-0.3, -0.25) is 0 Å². The van der Waals surface area contributed by atoms with Crippen molar-refractivity contribution >= 4 is 22.8 Å². The molecule has 0 saturated carbocycles. The Morgan fingerprint density at radius 1 is 1.35 bits per heavy atom. The van der Waals surface area contributed by atoms with Crippen molar-refractivity contribution in [1.29, 1.82) is 0 Å². The van der Waals surface area contributed by atoms with E-state index < -0.39 is 5.97 Å². The van der Waals surface area contributed by atoms with Crippen LogP contribution in [-0.2, 0) is 6.54 Å². The van der Waals surface area contributed by atoms with Crippen molar-refractivity contribution in [2.24, 2.45) is 0 Å². The van der Waals surface area contributed by atoms with Gasteiger partial charge in [-0.1, -0.05) is 5.21 Å². The summed E-state index contributed by atoms with van der Waals surface area (Å²) in [4.78, 5) is 16.2. The van der Waals surface area contributed by atoms with Crippen molar-refractivity contribution in [3.8, 4) is 11.5 Å². The van der Waals surface area contributed by atoms with Gasteiger partial charge in [0.05, 0.1) is 7.11 Å². The predicted molar refractivity (Wildman–Crippen MR) is 83.4 cm³/mol. The van der Waals surface area contributed by atoms with E-state index in [1.54, 1.807) is 28.9 Å². The largest absolute Gasteiger partial charge is 0.491 e. The fourth-order valence-electron chi connectivity index (χ4n) is 2.26. The predicted octanol–water partition coefficient (Wildman–Crippen LogP) is 1.66. The first-order valence-corrected chi connectivity index (χ1v) is 6.98. The highest BCUT2D eigenvalue weighted by atomic mass is 16.6. The van der Waals surface area contributed by atoms with E-state index in [9.17, 15) is 4.79 Å². The summed E-state index contributed by atoms with van der Waals surface area (Å²) in [5.74, 6) is 0.164. The van der Waals surface area contributed by atoms with Crippen LogP contribution in [0.2, 0.25) is 0 Å². The normalized spacial score (nSPS) is 10.7. The molecule has 0 bridgehead atoms. The van der Waals surface area contributed by atoms with Gasteiger partial charge in [-0.05, 0) is 31.2 Å². The van der Waals surface area contributed by atoms with Gasteiger partial charge in [0.25, 0.3) is 0 Å². The molecule has 0 aliphatic heterocycles. The second kappa shape index (κ2) is 5.91. The molecule has 0 unspecified atom stereocenters. The zero-order valence-corrected chi connectivity index (χ0v) is 12.7. The number of pyridine rings is 1. The van der Waals surface area contributed by atoms with E-state index in [0.29, 0.717) is 23.3 Å². The molecule has 2 heterocycles. The molecule has 0 atom stereocenters. The van der Waals surface area contributed by atoms with Gasteiger partial charge in [0, 0.05) is 12.7 Å². The van der Waals surface area contributed by atoms with Crippen LogP contribution in [0.4, 0.5) is 5.82 Å². The molecule has 1 aromatic carbocycles. The molecule has 118 valence electrons. The number of ether oxygens (including phenoxy) is 2. The summed E-state index contributed by atoms with van der Waals surface area (Å²) in [6.45, 7) is 2.54. The average Bonchev–Trinajstić information content (AvgIpc) is 2.98. The Balaban J connectivity index is 2.03. The van der Waals surface area contributed by atoms with Gasteiger partial charge in [-0.2, -0.15) is 0 Å². The molecule has 2 aromatic heterocycles. The fourth-order valence-corrected chi connectivity index (χ4v) is 2.26. The van der Waals surface area contributed by atoms with Crippen LogP contribution in [0.25, 0.3) is 11.0 Å². The number of aryl methyl sites for hydroxylation is 1. The number of carbonyl (C=O) groups is 1. The summed E-state index contributed by atoms with van der Waals surface area (Å²) in [5.41, 5.74) is 7.21. The quantitative estimate of drug-likeness (QED) is 0.576. The van der Waals surface area contributed by atoms with Crippen LogP contribution in [0, 0.1) is 0 Å². The smallest absolute Gasteiger partial charge is 0.347 e. The van der Waals surface area contributed by atoms with Gasteiger partial charge >= 0.3 is 5.97 Å². The Morgan fingerprint density at radius 2 is 2.17 bits per heavy atom. The molecular weight excluding hydrogens is 298 g/mol. The summed E-state index contributed by atoms with van der Waals surface area (Å²) >= 11 is 0. The Kier molecular flexibility index (Phi) is 3.80.